The number of hydrogen-bond donors (Lipinski definition) is 1. The van der Waals surface area contributed by atoms with Crippen molar-refractivity contribution in [3.63, 3.8) is 0 Å². The molecule has 0 aliphatic carbocycles. The van der Waals surface area contributed by atoms with Gasteiger partial charge in [0.2, 0.25) is 17.7 Å². The molecule has 0 saturated carbocycles. The Hall–Kier alpha value is -3.30. The molecule has 6 rings (SSSR count). The maximum absolute atomic E-state index is 14.0. The van der Waals surface area contributed by atoms with Gasteiger partial charge >= 0.3 is 0 Å². The van der Waals surface area contributed by atoms with Crippen LogP contribution >= 0.6 is 11.6 Å². The van der Waals surface area contributed by atoms with E-state index in [1.807, 2.05) is 26.0 Å². The van der Waals surface area contributed by atoms with E-state index in [4.69, 9.17) is 11.6 Å². The van der Waals surface area contributed by atoms with Crippen molar-refractivity contribution in [1.82, 2.24) is 4.90 Å². The molecule has 1 N–H and O–H groups in total. The van der Waals surface area contributed by atoms with Crippen molar-refractivity contribution in [3.8, 4) is 0 Å². The number of nitro groups is 1. The first-order chi connectivity index (χ1) is 16.2. The third-order valence-electron chi connectivity index (χ3n) is 8.08. The van der Waals surface area contributed by atoms with Crippen molar-refractivity contribution in [2.45, 2.75) is 38.3 Å². The summed E-state index contributed by atoms with van der Waals surface area (Å²) in [7, 11) is 0. The Bertz CT molecular complexity index is 1340. The number of hydrogen-bond acceptors (Lipinski definition) is 6. The van der Waals surface area contributed by atoms with Gasteiger partial charge in [-0.05, 0) is 56.5 Å². The summed E-state index contributed by atoms with van der Waals surface area (Å²) in [6.45, 7) is 4.51. The zero-order valence-corrected chi connectivity index (χ0v) is 19.3. The largest absolute Gasteiger partial charge is 0.324 e. The van der Waals surface area contributed by atoms with Crippen molar-refractivity contribution in [2.75, 3.05) is 16.8 Å². The molecule has 4 heterocycles. The molecule has 2 aromatic carbocycles. The Kier molecular flexibility index (Phi) is 4.29. The van der Waals surface area contributed by atoms with Gasteiger partial charge in [0.05, 0.1) is 22.4 Å². The highest BCUT2D eigenvalue weighted by atomic mass is 35.5. The minimum Gasteiger partial charge on any atom is -0.324 e. The van der Waals surface area contributed by atoms with Gasteiger partial charge in [-0.3, -0.25) is 29.4 Å². The summed E-state index contributed by atoms with van der Waals surface area (Å²) >= 11 is 5.95. The van der Waals surface area contributed by atoms with Crippen LogP contribution in [0.15, 0.2) is 30.3 Å². The van der Waals surface area contributed by atoms with Gasteiger partial charge in [-0.1, -0.05) is 23.7 Å². The van der Waals surface area contributed by atoms with Gasteiger partial charge in [-0.25, -0.2) is 4.90 Å². The highest BCUT2D eigenvalue weighted by molar-refractivity contribution is 6.33. The number of imide groups is 1. The van der Waals surface area contributed by atoms with Crippen LogP contribution in [0.4, 0.5) is 17.1 Å². The van der Waals surface area contributed by atoms with Gasteiger partial charge in [0.1, 0.15) is 10.6 Å². The lowest BCUT2D eigenvalue weighted by molar-refractivity contribution is -0.384. The quantitative estimate of drug-likeness (QED) is 0.401. The molecule has 4 aliphatic rings. The summed E-state index contributed by atoms with van der Waals surface area (Å²) < 4.78 is 0. The molecule has 3 saturated heterocycles. The lowest BCUT2D eigenvalue weighted by Gasteiger charge is -2.36. The Morgan fingerprint density at radius 3 is 2.65 bits per heavy atom. The van der Waals surface area contributed by atoms with Crippen LogP contribution in [0.5, 0.6) is 0 Å². The number of carbonyl (C=O) groups is 3. The Morgan fingerprint density at radius 1 is 1.15 bits per heavy atom. The SMILES string of the molecule is Cc1ccc2c(c1C)NC(=O)[C@]21[C@@H]2C(=O)N(c3ccc(Cl)c([N+](=O)[O-])c3)C(=O)[C@@H]2[C@H]2CCCN21. The number of fused-ring (bicyclic) bond motifs is 7. The van der Waals surface area contributed by atoms with Crippen LogP contribution in [0.25, 0.3) is 0 Å². The number of halogens is 1. The number of nitrogens with zero attached hydrogens (tertiary/aromatic N) is 3. The minimum atomic E-state index is -1.28. The molecule has 174 valence electrons. The van der Waals surface area contributed by atoms with Gasteiger partial charge in [-0.15, -0.1) is 0 Å². The summed E-state index contributed by atoms with van der Waals surface area (Å²) in [6.07, 6.45) is 1.51. The first-order valence-electron chi connectivity index (χ1n) is 11.2. The Balaban J connectivity index is 1.54. The topological polar surface area (TPSA) is 113 Å². The molecule has 10 heteroatoms. The van der Waals surface area contributed by atoms with Crippen LogP contribution in [0.1, 0.15) is 29.5 Å². The number of rotatable bonds is 2. The number of benzene rings is 2. The number of carbonyl (C=O) groups excluding carboxylic acids is 3. The van der Waals surface area contributed by atoms with Crippen LogP contribution in [0.3, 0.4) is 0 Å². The average molecular weight is 481 g/mol. The van der Waals surface area contributed by atoms with E-state index in [0.29, 0.717) is 18.7 Å². The van der Waals surface area contributed by atoms with E-state index >= 15 is 0 Å². The number of aryl methyl sites for hydroxylation is 1. The van der Waals surface area contributed by atoms with Gasteiger partial charge in [0.15, 0.2) is 0 Å². The molecule has 0 aromatic heterocycles. The normalized spacial score (nSPS) is 29.6. The number of nitro benzene ring substituents is 1. The van der Waals surface area contributed by atoms with Gasteiger partial charge in [-0.2, -0.15) is 0 Å². The smallest absolute Gasteiger partial charge is 0.289 e. The molecule has 3 amide bonds. The summed E-state index contributed by atoms with van der Waals surface area (Å²) in [5.74, 6) is -2.85. The van der Waals surface area contributed by atoms with Crippen molar-refractivity contribution in [3.05, 3.63) is 62.2 Å². The molecule has 2 aromatic rings. The summed E-state index contributed by atoms with van der Waals surface area (Å²) in [4.78, 5) is 55.3. The van der Waals surface area contributed by atoms with Crippen LogP contribution in [-0.2, 0) is 19.9 Å². The lowest BCUT2D eigenvalue weighted by Crippen LogP contribution is -2.54. The molecule has 9 nitrogen and oxygen atoms in total. The second-order valence-corrected chi connectivity index (χ2v) is 9.87. The maximum Gasteiger partial charge on any atom is 0.289 e. The fourth-order valence-electron chi connectivity index (χ4n) is 6.55. The van der Waals surface area contributed by atoms with E-state index < -0.39 is 34.1 Å². The van der Waals surface area contributed by atoms with Crippen LogP contribution < -0.4 is 10.2 Å². The van der Waals surface area contributed by atoms with Crippen molar-refractivity contribution >= 4 is 46.4 Å². The first kappa shape index (κ1) is 21.2. The van der Waals surface area contributed by atoms with Crippen molar-refractivity contribution in [1.29, 1.82) is 0 Å². The zero-order chi connectivity index (χ0) is 24.1. The molecule has 0 unspecified atom stereocenters. The van der Waals surface area contributed by atoms with E-state index in [-0.39, 0.29) is 28.3 Å². The molecule has 4 atom stereocenters. The summed E-state index contributed by atoms with van der Waals surface area (Å²) in [5.41, 5.74) is 1.82. The predicted octanol–water partition coefficient (Wildman–Crippen LogP) is 3.30. The van der Waals surface area contributed by atoms with Crippen molar-refractivity contribution in [2.24, 2.45) is 11.8 Å². The second kappa shape index (κ2) is 6.86. The van der Waals surface area contributed by atoms with Crippen LogP contribution in [-0.4, -0.2) is 40.1 Å². The van der Waals surface area contributed by atoms with E-state index in [2.05, 4.69) is 10.2 Å². The van der Waals surface area contributed by atoms with Gasteiger partial charge in [0, 0.05) is 23.4 Å². The zero-order valence-electron chi connectivity index (χ0n) is 18.5. The molecule has 34 heavy (non-hydrogen) atoms. The molecule has 1 spiro atoms. The van der Waals surface area contributed by atoms with Crippen molar-refractivity contribution < 1.29 is 19.3 Å². The fraction of sp³-hybridized carbons (Fsp3) is 0.375. The highest BCUT2D eigenvalue weighted by Crippen LogP contribution is 2.61. The standard InChI is InChI=1S/C24H21ClN4O5/c1-11-5-7-14-20(12(11)2)26-23(32)24(14)19-18(16-4-3-9-27(16)24)21(30)28(22(19)31)13-6-8-15(25)17(10-13)29(33)34/h5-8,10,16,18-19H,3-4,9H2,1-2H3,(H,26,32)/t16-,18-,19+,24-/m1/s1. The highest BCUT2D eigenvalue weighted by Gasteiger charge is 2.74. The van der Waals surface area contributed by atoms with Crippen LogP contribution in [0, 0.1) is 35.8 Å². The molecular weight excluding hydrogens is 460 g/mol. The molecule has 4 aliphatic heterocycles. The van der Waals surface area contributed by atoms with Gasteiger partial charge < -0.3 is 5.32 Å². The van der Waals surface area contributed by atoms with Gasteiger partial charge in [0.25, 0.3) is 5.69 Å². The fourth-order valence-corrected chi connectivity index (χ4v) is 6.74. The lowest BCUT2D eigenvalue weighted by atomic mass is 9.75. The summed E-state index contributed by atoms with van der Waals surface area (Å²) in [6, 6.07) is 7.46. The number of amides is 3. The summed E-state index contributed by atoms with van der Waals surface area (Å²) in [5, 5.41) is 14.3. The number of nitrogens with one attached hydrogen (secondary N) is 1. The third kappa shape index (κ3) is 2.35. The van der Waals surface area contributed by atoms with E-state index in [1.54, 1.807) is 0 Å². The monoisotopic (exact) mass is 480 g/mol. The van der Waals surface area contributed by atoms with Crippen LogP contribution in [0.2, 0.25) is 5.02 Å². The minimum absolute atomic E-state index is 0.0820. The van der Waals surface area contributed by atoms with E-state index in [9.17, 15) is 24.5 Å². The predicted molar refractivity (Wildman–Crippen MR) is 124 cm³/mol. The maximum atomic E-state index is 14.0. The van der Waals surface area contributed by atoms with E-state index in [1.165, 1.54) is 12.1 Å². The first-order valence-corrected chi connectivity index (χ1v) is 11.6. The Labute approximate surface area is 199 Å². The molecule has 0 bridgehead atoms. The number of anilines is 2. The molecular formula is C24H21ClN4O5. The Morgan fingerprint density at radius 2 is 1.91 bits per heavy atom. The van der Waals surface area contributed by atoms with E-state index in [0.717, 1.165) is 34.1 Å². The molecule has 0 radical (unpaired) electrons. The third-order valence-corrected chi connectivity index (χ3v) is 8.40. The molecule has 3 fully saturated rings. The average Bonchev–Trinajstić information content (AvgIpc) is 3.50. The second-order valence-electron chi connectivity index (χ2n) is 9.46.